The van der Waals surface area contributed by atoms with Crippen molar-refractivity contribution in [3.8, 4) is 0 Å². The summed E-state index contributed by atoms with van der Waals surface area (Å²) < 4.78 is 0. The molecule has 0 N–H and O–H groups in total. The number of hydrogen-bond acceptors (Lipinski definition) is 2. The van der Waals surface area contributed by atoms with E-state index in [0.29, 0.717) is 0 Å². The summed E-state index contributed by atoms with van der Waals surface area (Å²) in [5.41, 5.74) is 10.7. The van der Waals surface area contributed by atoms with E-state index in [9.17, 15) is 0 Å². The smallest absolute Gasteiger partial charge is 0.0619 e. The van der Waals surface area contributed by atoms with Crippen LogP contribution in [0.3, 0.4) is 0 Å². The molecular weight excluding hydrogens is 532 g/mol. The van der Waals surface area contributed by atoms with E-state index in [2.05, 4.69) is 184 Å². The van der Waals surface area contributed by atoms with Crippen LogP contribution in [0.4, 0.5) is 28.4 Å². The van der Waals surface area contributed by atoms with E-state index < -0.39 is 0 Å². The average Bonchev–Trinajstić information content (AvgIpc) is 3.05. The molecule has 0 amide bonds. The highest BCUT2D eigenvalue weighted by Crippen LogP contribution is 2.50. The molecule has 0 aliphatic heterocycles. The Balaban J connectivity index is 1.74. The van der Waals surface area contributed by atoms with Crippen LogP contribution < -0.4 is 9.80 Å². The second-order valence-electron chi connectivity index (χ2n) is 11.5. The molecular formula is C42H40N2. The zero-order valence-corrected chi connectivity index (χ0v) is 26.4. The second kappa shape index (κ2) is 12.7. The van der Waals surface area contributed by atoms with Crippen LogP contribution in [0.1, 0.15) is 37.0 Å². The lowest BCUT2D eigenvalue weighted by Crippen LogP contribution is -2.17. The van der Waals surface area contributed by atoms with Gasteiger partial charge in [-0.15, -0.1) is 0 Å². The largest absolute Gasteiger partial charge is 0.310 e. The van der Waals surface area contributed by atoms with Crippen LogP contribution >= 0.6 is 0 Å². The van der Waals surface area contributed by atoms with Gasteiger partial charge < -0.3 is 9.80 Å². The first kappa shape index (κ1) is 29.0. The summed E-state index contributed by atoms with van der Waals surface area (Å²) in [5, 5.41) is 4.81. The number of anilines is 5. The van der Waals surface area contributed by atoms with Gasteiger partial charge in [-0.2, -0.15) is 0 Å². The first-order valence-corrected chi connectivity index (χ1v) is 15.6. The average molecular weight is 573 g/mol. The molecule has 0 fully saturated rings. The first-order chi connectivity index (χ1) is 21.5. The molecule has 0 saturated carbocycles. The van der Waals surface area contributed by atoms with Gasteiger partial charge in [-0.05, 0) is 76.6 Å². The minimum absolute atomic E-state index is 0.974. The zero-order valence-electron chi connectivity index (χ0n) is 26.4. The minimum atomic E-state index is 0.974. The standard InChI is InChI=1S/C42H40N2/c1-6-8-13-33(7-2)43(34-24-18-30(3)19-25-34)41-37-14-9-11-16-39(37)42(40-17-12-10-15-38(40)41)44(35-26-20-31(4)21-27-35)36-28-22-32(5)23-29-36/h7-29H,6H2,1-5H3/b13-8-,33-7+. The molecule has 6 rings (SSSR count). The van der Waals surface area contributed by atoms with Crippen LogP contribution in [0.15, 0.2) is 145 Å². The summed E-state index contributed by atoms with van der Waals surface area (Å²) in [4.78, 5) is 4.86. The van der Waals surface area contributed by atoms with Crippen LogP contribution in [0.2, 0.25) is 0 Å². The molecule has 0 aliphatic carbocycles. The third kappa shape index (κ3) is 5.52. The SMILES string of the molecule is C/C=C(\C=C/CC)N(c1ccc(C)cc1)c1c2ccccc2c(N(c2ccc(C)cc2)c2ccc(C)cc2)c2ccccc12. The molecule has 2 nitrogen and oxygen atoms in total. The third-order valence-electron chi connectivity index (χ3n) is 8.28. The Labute approximate surface area is 262 Å². The van der Waals surface area contributed by atoms with E-state index >= 15 is 0 Å². The summed E-state index contributed by atoms with van der Waals surface area (Å²) in [7, 11) is 0. The van der Waals surface area contributed by atoms with Crippen LogP contribution in [0.25, 0.3) is 21.5 Å². The maximum absolute atomic E-state index is 2.43. The van der Waals surface area contributed by atoms with Crippen molar-refractivity contribution in [1.82, 2.24) is 0 Å². The van der Waals surface area contributed by atoms with Crippen molar-refractivity contribution in [3.05, 3.63) is 162 Å². The van der Waals surface area contributed by atoms with E-state index in [1.807, 2.05) is 0 Å². The maximum atomic E-state index is 2.43. The van der Waals surface area contributed by atoms with Gasteiger partial charge in [-0.3, -0.25) is 0 Å². The van der Waals surface area contributed by atoms with Gasteiger partial charge in [0.15, 0.2) is 0 Å². The summed E-state index contributed by atoms with van der Waals surface area (Å²) in [6.07, 6.45) is 7.68. The predicted molar refractivity (Wildman–Crippen MR) is 192 cm³/mol. The van der Waals surface area contributed by atoms with Crippen molar-refractivity contribution in [1.29, 1.82) is 0 Å². The molecule has 0 heterocycles. The Hall–Kier alpha value is -5.08. The first-order valence-electron chi connectivity index (χ1n) is 15.6. The molecule has 0 aromatic heterocycles. The fraction of sp³-hybridized carbons (Fsp3) is 0.143. The van der Waals surface area contributed by atoms with Gasteiger partial charge >= 0.3 is 0 Å². The monoisotopic (exact) mass is 572 g/mol. The van der Waals surface area contributed by atoms with Crippen molar-refractivity contribution in [3.63, 3.8) is 0 Å². The van der Waals surface area contributed by atoms with Gasteiger partial charge in [-0.1, -0.05) is 121 Å². The molecule has 218 valence electrons. The minimum Gasteiger partial charge on any atom is -0.310 e. The lowest BCUT2D eigenvalue weighted by atomic mass is 9.95. The molecule has 0 unspecified atom stereocenters. The van der Waals surface area contributed by atoms with E-state index in [4.69, 9.17) is 0 Å². The van der Waals surface area contributed by atoms with Gasteiger partial charge in [0.25, 0.3) is 0 Å². The number of hydrogen-bond donors (Lipinski definition) is 0. The highest BCUT2D eigenvalue weighted by molar-refractivity contribution is 6.22. The summed E-state index contributed by atoms with van der Waals surface area (Å²) in [6, 6.07) is 44.4. The Morgan fingerprint density at radius 3 is 1.30 bits per heavy atom. The van der Waals surface area contributed by atoms with E-state index in [1.54, 1.807) is 0 Å². The van der Waals surface area contributed by atoms with Gasteiger partial charge in [0.2, 0.25) is 0 Å². The Kier molecular flexibility index (Phi) is 8.34. The topological polar surface area (TPSA) is 6.48 Å². The fourth-order valence-corrected chi connectivity index (χ4v) is 6.00. The predicted octanol–water partition coefficient (Wildman–Crippen LogP) is 12.4. The van der Waals surface area contributed by atoms with Crippen LogP contribution in [0, 0.1) is 20.8 Å². The summed E-state index contributed by atoms with van der Waals surface area (Å²) in [6.45, 7) is 10.7. The van der Waals surface area contributed by atoms with Crippen molar-refractivity contribution in [2.45, 2.75) is 41.0 Å². The van der Waals surface area contributed by atoms with Gasteiger partial charge in [0.05, 0.1) is 11.4 Å². The maximum Gasteiger partial charge on any atom is 0.0619 e. The fourth-order valence-electron chi connectivity index (χ4n) is 6.00. The summed E-state index contributed by atoms with van der Waals surface area (Å²) >= 11 is 0. The van der Waals surface area contributed by atoms with E-state index in [1.165, 1.54) is 49.6 Å². The molecule has 0 radical (unpaired) electrons. The molecule has 6 aromatic carbocycles. The zero-order chi connectivity index (χ0) is 30.6. The normalized spacial score (nSPS) is 11.9. The van der Waals surface area contributed by atoms with Crippen molar-refractivity contribution >= 4 is 50.0 Å². The molecule has 0 saturated heterocycles. The van der Waals surface area contributed by atoms with Gasteiger partial charge in [0, 0.05) is 44.3 Å². The number of aryl methyl sites for hydroxylation is 3. The molecule has 0 aliphatic rings. The van der Waals surface area contributed by atoms with Gasteiger partial charge in [0.1, 0.15) is 0 Å². The number of rotatable bonds is 8. The van der Waals surface area contributed by atoms with E-state index in [0.717, 1.165) is 29.2 Å². The molecule has 0 spiro atoms. The highest BCUT2D eigenvalue weighted by Gasteiger charge is 2.25. The molecule has 44 heavy (non-hydrogen) atoms. The number of fused-ring (bicyclic) bond motifs is 2. The van der Waals surface area contributed by atoms with Crippen LogP contribution in [-0.2, 0) is 0 Å². The van der Waals surface area contributed by atoms with Crippen molar-refractivity contribution in [2.24, 2.45) is 0 Å². The lowest BCUT2D eigenvalue weighted by Gasteiger charge is -2.33. The number of benzene rings is 6. The molecule has 0 atom stereocenters. The van der Waals surface area contributed by atoms with Gasteiger partial charge in [-0.25, -0.2) is 0 Å². The second-order valence-corrected chi connectivity index (χ2v) is 11.5. The third-order valence-corrected chi connectivity index (χ3v) is 8.28. The quantitative estimate of drug-likeness (QED) is 0.102. The summed E-state index contributed by atoms with van der Waals surface area (Å²) in [5.74, 6) is 0. The highest BCUT2D eigenvalue weighted by atomic mass is 15.2. The Bertz CT molecular complexity index is 1860. The Morgan fingerprint density at radius 1 is 0.523 bits per heavy atom. The molecule has 2 heteroatoms. The number of nitrogens with zero attached hydrogens (tertiary/aromatic N) is 2. The lowest BCUT2D eigenvalue weighted by molar-refractivity contribution is 1.18. The van der Waals surface area contributed by atoms with Crippen LogP contribution in [-0.4, -0.2) is 0 Å². The molecule has 0 bridgehead atoms. The van der Waals surface area contributed by atoms with Crippen molar-refractivity contribution in [2.75, 3.05) is 9.80 Å². The van der Waals surface area contributed by atoms with Crippen molar-refractivity contribution < 1.29 is 0 Å². The Morgan fingerprint density at radius 2 is 0.909 bits per heavy atom. The van der Waals surface area contributed by atoms with E-state index in [-0.39, 0.29) is 0 Å². The molecule has 6 aromatic rings. The number of allylic oxidation sites excluding steroid dienone is 3. The van der Waals surface area contributed by atoms with Crippen LogP contribution in [0.5, 0.6) is 0 Å².